The Kier molecular flexibility index (Phi) is 6.43. The fourth-order valence-electron chi connectivity index (χ4n) is 2.66. The molecular weight excluding hydrogens is 355 g/mol. The van der Waals surface area contributed by atoms with Crippen LogP contribution in [0.15, 0.2) is 18.2 Å². The summed E-state index contributed by atoms with van der Waals surface area (Å²) >= 11 is 6.07. The second-order valence-corrected chi connectivity index (χ2v) is 6.96. The minimum atomic E-state index is -4.41. The molecule has 2 amide bonds. The number of rotatable bonds is 4. The third kappa shape index (κ3) is 5.42. The van der Waals surface area contributed by atoms with Crippen molar-refractivity contribution in [3.63, 3.8) is 0 Å². The number of hydrogen-bond acceptors (Lipinski definition) is 2. The number of benzene rings is 1. The summed E-state index contributed by atoms with van der Waals surface area (Å²) in [5.41, 5.74) is -0.364. The highest BCUT2D eigenvalue weighted by molar-refractivity contribution is 6.33. The van der Waals surface area contributed by atoms with Crippen LogP contribution in [-0.4, -0.2) is 43.7 Å². The quantitative estimate of drug-likeness (QED) is 0.852. The van der Waals surface area contributed by atoms with Gasteiger partial charge in [-0.25, -0.2) is 4.79 Å². The molecule has 1 N–H and O–H groups in total. The lowest BCUT2D eigenvalue weighted by Crippen LogP contribution is -2.52. The van der Waals surface area contributed by atoms with Gasteiger partial charge in [-0.2, -0.15) is 13.2 Å². The van der Waals surface area contributed by atoms with Crippen molar-refractivity contribution in [1.82, 2.24) is 10.2 Å². The van der Waals surface area contributed by atoms with Gasteiger partial charge < -0.3 is 15.1 Å². The van der Waals surface area contributed by atoms with Gasteiger partial charge in [-0.15, -0.1) is 0 Å². The molecule has 4 nitrogen and oxygen atoms in total. The second-order valence-electron chi connectivity index (χ2n) is 6.55. The summed E-state index contributed by atoms with van der Waals surface area (Å²) in [5, 5.41) is 3.15. The van der Waals surface area contributed by atoms with E-state index in [0.29, 0.717) is 44.3 Å². The van der Waals surface area contributed by atoms with E-state index in [1.165, 1.54) is 6.07 Å². The first-order chi connectivity index (χ1) is 11.7. The van der Waals surface area contributed by atoms with Gasteiger partial charge in [0.05, 0.1) is 16.3 Å². The predicted molar refractivity (Wildman–Crippen MR) is 93.1 cm³/mol. The number of piperazine rings is 1. The van der Waals surface area contributed by atoms with Gasteiger partial charge in [0.2, 0.25) is 0 Å². The lowest BCUT2D eigenvalue weighted by molar-refractivity contribution is -0.137. The average molecular weight is 378 g/mol. The molecule has 1 saturated heterocycles. The first-order valence-electron chi connectivity index (χ1n) is 8.33. The topological polar surface area (TPSA) is 35.6 Å². The van der Waals surface area contributed by atoms with Crippen molar-refractivity contribution in [3.05, 3.63) is 28.8 Å². The van der Waals surface area contributed by atoms with Crippen LogP contribution in [0, 0.1) is 5.92 Å². The SMILES string of the molecule is CC(C)CCNC(=O)N1CCN(c2cc(C(F)(F)F)ccc2Cl)CC1. The summed E-state index contributed by atoms with van der Waals surface area (Å²) in [7, 11) is 0. The van der Waals surface area contributed by atoms with Crippen molar-refractivity contribution in [2.75, 3.05) is 37.6 Å². The highest BCUT2D eigenvalue weighted by Gasteiger charge is 2.32. The Morgan fingerprint density at radius 1 is 1.24 bits per heavy atom. The van der Waals surface area contributed by atoms with Gasteiger partial charge in [0.25, 0.3) is 0 Å². The molecule has 0 aliphatic carbocycles. The third-order valence-electron chi connectivity index (χ3n) is 4.18. The Morgan fingerprint density at radius 2 is 1.88 bits per heavy atom. The van der Waals surface area contributed by atoms with E-state index in [1.807, 2.05) is 0 Å². The molecule has 0 bridgehead atoms. The van der Waals surface area contributed by atoms with E-state index in [2.05, 4.69) is 19.2 Å². The Morgan fingerprint density at radius 3 is 2.44 bits per heavy atom. The van der Waals surface area contributed by atoms with Crippen molar-refractivity contribution in [1.29, 1.82) is 0 Å². The van der Waals surface area contributed by atoms with E-state index in [1.54, 1.807) is 9.80 Å². The van der Waals surface area contributed by atoms with Gasteiger partial charge in [0.15, 0.2) is 0 Å². The van der Waals surface area contributed by atoms with Gasteiger partial charge >= 0.3 is 12.2 Å². The van der Waals surface area contributed by atoms with Crippen LogP contribution in [-0.2, 0) is 6.18 Å². The molecule has 1 aliphatic rings. The Labute approximate surface area is 150 Å². The van der Waals surface area contributed by atoms with Crippen LogP contribution < -0.4 is 10.2 Å². The number of halogens is 4. The van der Waals surface area contributed by atoms with Crippen molar-refractivity contribution < 1.29 is 18.0 Å². The predicted octanol–water partition coefficient (Wildman–Crippen LogP) is 4.24. The molecule has 0 atom stereocenters. The van der Waals surface area contributed by atoms with Gasteiger partial charge in [-0.1, -0.05) is 25.4 Å². The lowest BCUT2D eigenvalue weighted by atomic mass is 10.1. The molecule has 140 valence electrons. The minimum absolute atomic E-state index is 0.129. The molecule has 1 fully saturated rings. The Bertz CT molecular complexity index is 599. The zero-order valence-corrected chi connectivity index (χ0v) is 15.1. The first-order valence-corrected chi connectivity index (χ1v) is 8.70. The molecule has 1 aliphatic heterocycles. The molecule has 1 aromatic rings. The van der Waals surface area contributed by atoms with Crippen molar-refractivity contribution in [2.24, 2.45) is 5.92 Å². The number of carbonyl (C=O) groups excluding carboxylic acids is 1. The molecule has 0 saturated carbocycles. The van der Waals surface area contributed by atoms with Gasteiger partial charge in [0.1, 0.15) is 0 Å². The Hall–Kier alpha value is -1.63. The highest BCUT2D eigenvalue weighted by atomic mass is 35.5. The normalized spacial score (nSPS) is 15.6. The van der Waals surface area contributed by atoms with Crippen LogP contribution in [0.2, 0.25) is 5.02 Å². The summed E-state index contributed by atoms with van der Waals surface area (Å²) in [6.45, 7) is 6.57. The van der Waals surface area contributed by atoms with E-state index in [4.69, 9.17) is 11.6 Å². The van der Waals surface area contributed by atoms with E-state index in [9.17, 15) is 18.0 Å². The largest absolute Gasteiger partial charge is 0.416 e. The summed E-state index contributed by atoms with van der Waals surface area (Å²) in [5.74, 6) is 0.514. The van der Waals surface area contributed by atoms with E-state index in [-0.39, 0.29) is 11.1 Å². The fraction of sp³-hybridized carbons (Fsp3) is 0.588. The summed E-state index contributed by atoms with van der Waals surface area (Å²) in [6, 6.07) is 3.19. The number of urea groups is 1. The fourth-order valence-corrected chi connectivity index (χ4v) is 2.90. The van der Waals surface area contributed by atoms with Crippen LogP contribution in [0.5, 0.6) is 0 Å². The van der Waals surface area contributed by atoms with E-state index < -0.39 is 11.7 Å². The number of amides is 2. The van der Waals surface area contributed by atoms with Crippen molar-refractivity contribution in [3.8, 4) is 0 Å². The van der Waals surface area contributed by atoms with Crippen LogP contribution in [0.25, 0.3) is 0 Å². The van der Waals surface area contributed by atoms with Crippen molar-refractivity contribution >= 4 is 23.3 Å². The minimum Gasteiger partial charge on any atom is -0.367 e. The number of nitrogens with zero attached hydrogens (tertiary/aromatic N) is 2. The number of anilines is 1. The van der Waals surface area contributed by atoms with Crippen LogP contribution in [0.4, 0.5) is 23.7 Å². The van der Waals surface area contributed by atoms with Crippen LogP contribution >= 0.6 is 11.6 Å². The second kappa shape index (κ2) is 8.17. The third-order valence-corrected chi connectivity index (χ3v) is 4.50. The number of carbonyl (C=O) groups is 1. The molecule has 25 heavy (non-hydrogen) atoms. The van der Waals surface area contributed by atoms with E-state index >= 15 is 0 Å². The molecule has 2 rings (SSSR count). The molecular formula is C17H23ClF3N3O. The van der Waals surface area contributed by atoms with Crippen LogP contribution in [0.1, 0.15) is 25.8 Å². The van der Waals surface area contributed by atoms with Gasteiger partial charge in [0, 0.05) is 32.7 Å². The highest BCUT2D eigenvalue weighted by Crippen LogP contribution is 2.35. The van der Waals surface area contributed by atoms with Gasteiger partial charge in [-0.05, 0) is 30.5 Å². The summed E-state index contributed by atoms with van der Waals surface area (Å²) in [4.78, 5) is 15.6. The number of nitrogens with one attached hydrogen (secondary N) is 1. The maximum atomic E-state index is 12.9. The zero-order chi connectivity index (χ0) is 18.6. The summed E-state index contributed by atoms with van der Waals surface area (Å²) in [6.07, 6.45) is -3.50. The Balaban J connectivity index is 1.95. The van der Waals surface area contributed by atoms with Gasteiger partial charge in [-0.3, -0.25) is 0 Å². The van der Waals surface area contributed by atoms with E-state index in [0.717, 1.165) is 18.6 Å². The van der Waals surface area contributed by atoms with Crippen molar-refractivity contribution in [2.45, 2.75) is 26.4 Å². The molecule has 1 aromatic carbocycles. The standard InChI is InChI=1S/C17H23ClF3N3O/c1-12(2)5-6-22-16(25)24-9-7-23(8-10-24)15-11-13(17(19,20)21)3-4-14(15)18/h3-4,11-12H,5-10H2,1-2H3,(H,22,25). The lowest BCUT2D eigenvalue weighted by Gasteiger charge is -2.36. The maximum absolute atomic E-state index is 12.9. The van der Waals surface area contributed by atoms with Crippen LogP contribution in [0.3, 0.4) is 0 Å². The monoisotopic (exact) mass is 377 g/mol. The molecule has 0 spiro atoms. The zero-order valence-electron chi connectivity index (χ0n) is 14.4. The average Bonchev–Trinajstić information content (AvgIpc) is 2.54. The molecule has 0 unspecified atom stereocenters. The number of alkyl halides is 3. The first kappa shape index (κ1) is 19.7. The summed E-state index contributed by atoms with van der Waals surface area (Å²) < 4.78 is 38.7. The smallest absolute Gasteiger partial charge is 0.367 e. The number of hydrogen-bond donors (Lipinski definition) is 1. The maximum Gasteiger partial charge on any atom is 0.416 e. The molecule has 8 heteroatoms. The molecule has 0 aromatic heterocycles. The molecule has 0 radical (unpaired) electrons. The molecule has 1 heterocycles.